The molecule has 0 aliphatic carbocycles. The Balaban J connectivity index is 1.78. The number of nitrogens with one attached hydrogen (secondary N) is 1. The minimum Gasteiger partial charge on any atom is -0.352 e. The summed E-state index contributed by atoms with van der Waals surface area (Å²) in [4.78, 5) is 11.3. The molecule has 0 spiro atoms. The number of benzene rings is 2. The normalized spacial score (nSPS) is 10.5. The Kier molecular flexibility index (Phi) is 5.66. The van der Waals surface area contributed by atoms with Crippen molar-refractivity contribution in [3.8, 4) is 0 Å². The van der Waals surface area contributed by atoms with Crippen molar-refractivity contribution in [1.82, 2.24) is 9.97 Å². The third-order valence-electron chi connectivity index (χ3n) is 3.98. The lowest BCUT2D eigenvalue weighted by Crippen LogP contribution is -2.23. The van der Waals surface area contributed by atoms with Crippen molar-refractivity contribution >= 4 is 33.4 Å². The molecule has 25 heavy (non-hydrogen) atoms. The molecule has 1 heterocycles. The molecule has 0 amide bonds. The summed E-state index contributed by atoms with van der Waals surface area (Å²) in [7, 11) is 0. The molecule has 0 saturated heterocycles. The average Bonchev–Trinajstić information content (AvgIpc) is 2.64. The molecule has 2 aromatic carbocycles. The van der Waals surface area contributed by atoms with E-state index >= 15 is 0 Å². The molecule has 1 aromatic heterocycles. The van der Waals surface area contributed by atoms with Crippen LogP contribution in [0.2, 0.25) is 0 Å². The first-order chi connectivity index (χ1) is 12.2. The summed E-state index contributed by atoms with van der Waals surface area (Å²) < 4.78 is 1.09. The van der Waals surface area contributed by atoms with Crippen LogP contribution in [-0.4, -0.2) is 16.5 Å². The van der Waals surface area contributed by atoms with Crippen molar-refractivity contribution in [1.29, 1.82) is 0 Å². The molecule has 0 aliphatic heterocycles. The van der Waals surface area contributed by atoms with Crippen molar-refractivity contribution in [2.24, 2.45) is 0 Å². The number of hydrogen-bond donors (Lipinski definition) is 1. The van der Waals surface area contributed by atoms with E-state index in [1.807, 2.05) is 24.3 Å². The van der Waals surface area contributed by atoms with Gasteiger partial charge in [-0.15, -0.1) is 0 Å². The van der Waals surface area contributed by atoms with Gasteiger partial charge in [-0.3, -0.25) is 0 Å². The van der Waals surface area contributed by atoms with Gasteiger partial charge in [0, 0.05) is 29.4 Å². The van der Waals surface area contributed by atoms with Crippen molar-refractivity contribution < 1.29 is 0 Å². The van der Waals surface area contributed by atoms with Gasteiger partial charge in [-0.2, -0.15) is 4.98 Å². The summed E-state index contributed by atoms with van der Waals surface area (Å²) in [5, 5.41) is 3.29. The maximum absolute atomic E-state index is 4.68. The Morgan fingerprint density at radius 2 is 1.88 bits per heavy atom. The summed E-state index contributed by atoms with van der Waals surface area (Å²) in [5.74, 6) is 1.52. The van der Waals surface area contributed by atoms with Gasteiger partial charge >= 0.3 is 0 Å². The zero-order valence-electron chi connectivity index (χ0n) is 14.4. The third-order valence-corrected chi connectivity index (χ3v) is 4.87. The smallest absolute Gasteiger partial charge is 0.229 e. The summed E-state index contributed by atoms with van der Waals surface area (Å²) in [6.45, 7) is 5.90. The van der Waals surface area contributed by atoms with Gasteiger partial charge in [-0.05, 0) is 49.2 Å². The molecule has 1 N–H and O–H groups in total. The number of nitrogens with zero attached hydrogens (tertiary/aromatic N) is 3. The highest BCUT2D eigenvalue weighted by atomic mass is 79.9. The highest BCUT2D eigenvalue weighted by molar-refractivity contribution is 9.10. The second-order valence-electron chi connectivity index (χ2n) is 5.83. The molecule has 0 fully saturated rings. The molecule has 0 aliphatic rings. The van der Waals surface area contributed by atoms with Gasteiger partial charge in [-0.1, -0.05) is 46.3 Å². The van der Waals surface area contributed by atoms with Crippen LogP contribution in [0.1, 0.15) is 18.1 Å². The maximum Gasteiger partial charge on any atom is 0.229 e. The van der Waals surface area contributed by atoms with Crippen molar-refractivity contribution in [2.75, 3.05) is 16.8 Å². The standard InChI is InChI=1S/C20H21BrN4/c1-3-25(14-16-7-5-4-6-8-16)19-11-12-22-20(24-19)23-17-9-10-18(21)15(2)13-17/h4-13H,3,14H2,1-2H3,(H,22,23,24). The fourth-order valence-electron chi connectivity index (χ4n) is 2.60. The number of anilines is 3. The molecule has 3 aromatic rings. The van der Waals surface area contributed by atoms with Gasteiger partial charge in [0.05, 0.1) is 0 Å². The lowest BCUT2D eigenvalue weighted by molar-refractivity contribution is 0.811. The molecule has 0 unspecified atom stereocenters. The monoisotopic (exact) mass is 396 g/mol. The number of hydrogen-bond acceptors (Lipinski definition) is 4. The second-order valence-corrected chi connectivity index (χ2v) is 6.68. The first-order valence-corrected chi connectivity index (χ1v) is 9.10. The van der Waals surface area contributed by atoms with Gasteiger partial charge in [0.25, 0.3) is 0 Å². The number of aryl methyl sites for hydroxylation is 1. The van der Waals surface area contributed by atoms with Crippen LogP contribution in [0, 0.1) is 6.92 Å². The van der Waals surface area contributed by atoms with Crippen molar-refractivity contribution in [2.45, 2.75) is 20.4 Å². The van der Waals surface area contributed by atoms with Crippen LogP contribution in [0.5, 0.6) is 0 Å². The van der Waals surface area contributed by atoms with E-state index in [2.05, 4.69) is 80.3 Å². The fourth-order valence-corrected chi connectivity index (χ4v) is 2.84. The number of rotatable bonds is 6. The molecule has 0 bridgehead atoms. The molecule has 128 valence electrons. The highest BCUT2D eigenvalue weighted by Crippen LogP contribution is 2.23. The van der Waals surface area contributed by atoms with Crippen LogP contribution in [0.4, 0.5) is 17.5 Å². The predicted molar refractivity (Wildman–Crippen MR) is 107 cm³/mol. The molecular formula is C20H21BrN4. The lowest BCUT2D eigenvalue weighted by atomic mass is 10.2. The van der Waals surface area contributed by atoms with E-state index in [1.54, 1.807) is 6.20 Å². The number of halogens is 1. The largest absolute Gasteiger partial charge is 0.352 e. The molecule has 0 saturated carbocycles. The van der Waals surface area contributed by atoms with E-state index in [9.17, 15) is 0 Å². The zero-order chi connectivity index (χ0) is 17.6. The average molecular weight is 397 g/mol. The number of aromatic nitrogens is 2. The van der Waals surface area contributed by atoms with E-state index in [4.69, 9.17) is 0 Å². The van der Waals surface area contributed by atoms with Gasteiger partial charge in [0.15, 0.2) is 0 Å². The van der Waals surface area contributed by atoms with E-state index in [0.717, 1.165) is 29.1 Å². The van der Waals surface area contributed by atoms with Gasteiger partial charge in [0.2, 0.25) is 5.95 Å². The lowest BCUT2D eigenvalue weighted by Gasteiger charge is -2.22. The van der Waals surface area contributed by atoms with E-state index in [0.29, 0.717) is 5.95 Å². The van der Waals surface area contributed by atoms with Crippen LogP contribution < -0.4 is 10.2 Å². The first kappa shape index (κ1) is 17.4. The molecule has 0 atom stereocenters. The van der Waals surface area contributed by atoms with Crippen molar-refractivity contribution in [3.63, 3.8) is 0 Å². The minimum absolute atomic E-state index is 0.603. The first-order valence-electron chi connectivity index (χ1n) is 8.31. The molecule has 5 heteroatoms. The summed E-state index contributed by atoms with van der Waals surface area (Å²) >= 11 is 3.52. The molecule has 0 radical (unpaired) electrons. The topological polar surface area (TPSA) is 41.1 Å². The minimum atomic E-state index is 0.603. The molecular weight excluding hydrogens is 376 g/mol. The Bertz CT molecular complexity index is 836. The highest BCUT2D eigenvalue weighted by Gasteiger charge is 2.09. The quantitative estimate of drug-likeness (QED) is 0.612. The van der Waals surface area contributed by atoms with E-state index < -0.39 is 0 Å². The second kappa shape index (κ2) is 8.12. The summed E-state index contributed by atoms with van der Waals surface area (Å²) in [6, 6.07) is 18.5. The molecule has 4 nitrogen and oxygen atoms in total. The van der Waals surface area contributed by atoms with Crippen LogP contribution in [0.25, 0.3) is 0 Å². The Hall–Kier alpha value is -2.40. The van der Waals surface area contributed by atoms with E-state index in [-0.39, 0.29) is 0 Å². The Labute approximate surface area is 157 Å². The van der Waals surface area contributed by atoms with Gasteiger partial charge in [-0.25, -0.2) is 4.98 Å². The zero-order valence-corrected chi connectivity index (χ0v) is 16.0. The molecule has 3 rings (SSSR count). The summed E-state index contributed by atoms with van der Waals surface area (Å²) in [5.41, 5.74) is 3.41. The van der Waals surface area contributed by atoms with E-state index in [1.165, 1.54) is 11.1 Å². The SMILES string of the molecule is CCN(Cc1ccccc1)c1ccnc(Nc2ccc(Br)c(C)c2)n1. The fraction of sp³-hybridized carbons (Fsp3) is 0.200. The van der Waals surface area contributed by atoms with Crippen LogP contribution in [-0.2, 0) is 6.54 Å². The van der Waals surface area contributed by atoms with Gasteiger partial charge < -0.3 is 10.2 Å². The van der Waals surface area contributed by atoms with Gasteiger partial charge in [0.1, 0.15) is 5.82 Å². The van der Waals surface area contributed by atoms with Crippen LogP contribution in [0.15, 0.2) is 65.3 Å². The predicted octanol–water partition coefficient (Wildman–Crippen LogP) is 5.32. The van der Waals surface area contributed by atoms with Crippen LogP contribution >= 0.6 is 15.9 Å². The third kappa shape index (κ3) is 4.57. The van der Waals surface area contributed by atoms with Crippen molar-refractivity contribution in [3.05, 3.63) is 76.4 Å². The maximum atomic E-state index is 4.68. The summed E-state index contributed by atoms with van der Waals surface area (Å²) in [6.07, 6.45) is 1.80. The van der Waals surface area contributed by atoms with Crippen LogP contribution in [0.3, 0.4) is 0 Å². The Morgan fingerprint density at radius 3 is 2.60 bits per heavy atom. The Morgan fingerprint density at radius 1 is 1.08 bits per heavy atom.